The molecule has 0 fully saturated rings. The Balaban J connectivity index is 1.50. The monoisotopic (exact) mass is 438 g/mol. The number of carbonyl (C=O) groups is 1. The molecule has 0 unspecified atom stereocenters. The summed E-state index contributed by atoms with van der Waals surface area (Å²) in [7, 11) is -4.01. The van der Waals surface area contributed by atoms with Crippen LogP contribution in [0.4, 0.5) is 5.82 Å². The van der Waals surface area contributed by atoms with Crippen molar-refractivity contribution in [2.45, 2.75) is 4.90 Å². The third-order valence-corrected chi connectivity index (χ3v) is 6.09. The van der Waals surface area contributed by atoms with Crippen LogP contribution >= 0.6 is 0 Å². The molecule has 0 bridgehead atoms. The zero-order valence-electron chi connectivity index (χ0n) is 16.2. The van der Waals surface area contributed by atoms with Crippen LogP contribution in [-0.2, 0) is 14.8 Å². The fourth-order valence-electron chi connectivity index (χ4n) is 2.85. The van der Waals surface area contributed by atoms with E-state index in [4.69, 9.17) is 9.47 Å². The molecule has 2 heterocycles. The van der Waals surface area contributed by atoms with E-state index >= 15 is 0 Å². The molecule has 0 atom stereocenters. The van der Waals surface area contributed by atoms with Crippen LogP contribution in [0.25, 0.3) is 0 Å². The van der Waals surface area contributed by atoms with Crippen molar-refractivity contribution in [2.75, 3.05) is 17.6 Å². The Bertz CT molecular complexity index is 1200. The number of sulfonamides is 1. The first-order valence-corrected chi connectivity index (χ1v) is 10.7. The van der Waals surface area contributed by atoms with Gasteiger partial charge in [-0.25, -0.2) is 23.1 Å². The number of nitrogens with one attached hydrogen (secondary N) is 1. The van der Waals surface area contributed by atoms with Gasteiger partial charge in [0.25, 0.3) is 15.9 Å². The number of fused-ring (bicyclic) bond motifs is 1. The molecule has 1 aliphatic rings. The lowest BCUT2D eigenvalue weighted by molar-refractivity contribution is -0.119. The normalized spacial score (nSPS) is 12.6. The van der Waals surface area contributed by atoms with Gasteiger partial charge in [-0.15, -0.1) is 0 Å². The van der Waals surface area contributed by atoms with Gasteiger partial charge in [0.05, 0.1) is 11.1 Å². The van der Waals surface area contributed by atoms with Crippen LogP contribution < -0.4 is 19.2 Å². The third-order valence-electron chi connectivity index (χ3n) is 4.32. The van der Waals surface area contributed by atoms with Crippen LogP contribution in [0.3, 0.4) is 0 Å². The van der Waals surface area contributed by atoms with Crippen LogP contribution in [0, 0.1) is 0 Å². The summed E-state index contributed by atoms with van der Waals surface area (Å²) in [6.45, 7) is -0.335. The van der Waals surface area contributed by atoms with Crippen molar-refractivity contribution in [3.8, 4) is 11.5 Å². The number of aromatic nitrogens is 1. The Morgan fingerprint density at radius 3 is 2.61 bits per heavy atom. The van der Waals surface area contributed by atoms with Gasteiger partial charge in [-0.3, -0.25) is 4.79 Å². The maximum Gasteiger partial charge on any atom is 0.265 e. The van der Waals surface area contributed by atoms with Gasteiger partial charge in [-0.05, 0) is 48.0 Å². The van der Waals surface area contributed by atoms with Crippen molar-refractivity contribution in [3.05, 3.63) is 78.5 Å². The van der Waals surface area contributed by atoms with Crippen molar-refractivity contribution in [1.82, 2.24) is 10.4 Å². The molecule has 31 heavy (non-hydrogen) atoms. The van der Waals surface area contributed by atoms with Crippen molar-refractivity contribution in [2.24, 2.45) is 5.10 Å². The summed E-state index contributed by atoms with van der Waals surface area (Å²) in [6, 6.07) is 17.9. The van der Waals surface area contributed by atoms with Gasteiger partial charge < -0.3 is 9.47 Å². The SMILES string of the molecule is O=C(CN(c1ccccn1)S(=O)(=O)c1ccccc1)N/N=C\c1ccc2c(c1)OCO2. The molecule has 0 aliphatic carbocycles. The Labute approximate surface area is 179 Å². The third kappa shape index (κ3) is 4.64. The van der Waals surface area contributed by atoms with E-state index in [1.807, 2.05) is 0 Å². The maximum absolute atomic E-state index is 13.1. The molecular formula is C21H18N4O5S. The Hall–Kier alpha value is -3.92. The lowest BCUT2D eigenvalue weighted by Gasteiger charge is -2.22. The van der Waals surface area contributed by atoms with Gasteiger partial charge in [0.15, 0.2) is 11.5 Å². The van der Waals surface area contributed by atoms with Gasteiger partial charge in [-0.2, -0.15) is 5.10 Å². The highest BCUT2D eigenvalue weighted by Gasteiger charge is 2.27. The summed E-state index contributed by atoms with van der Waals surface area (Å²) in [4.78, 5) is 16.6. The Morgan fingerprint density at radius 2 is 1.84 bits per heavy atom. The van der Waals surface area contributed by atoms with E-state index in [0.29, 0.717) is 17.1 Å². The number of benzene rings is 2. The number of rotatable bonds is 7. The first-order valence-electron chi connectivity index (χ1n) is 9.24. The minimum absolute atomic E-state index is 0.0531. The predicted molar refractivity (Wildman–Crippen MR) is 114 cm³/mol. The smallest absolute Gasteiger partial charge is 0.265 e. The van der Waals surface area contributed by atoms with Gasteiger partial charge in [-0.1, -0.05) is 24.3 Å². The molecule has 4 rings (SSSR count). The van der Waals surface area contributed by atoms with Crippen LogP contribution in [0.2, 0.25) is 0 Å². The van der Waals surface area contributed by atoms with Gasteiger partial charge in [0, 0.05) is 6.20 Å². The molecule has 0 saturated heterocycles. The van der Waals surface area contributed by atoms with Crippen molar-refractivity contribution in [3.63, 3.8) is 0 Å². The minimum atomic E-state index is -4.01. The largest absolute Gasteiger partial charge is 0.454 e. The number of carbonyl (C=O) groups excluding carboxylic acids is 1. The maximum atomic E-state index is 13.1. The molecule has 0 spiro atoms. The van der Waals surface area contributed by atoms with Crippen molar-refractivity contribution >= 4 is 28.0 Å². The van der Waals surface area contributed by atoms with E-state index in [1.54, 1.807) is 48.5 Å². The lowest BCUT2D eigenvalue weighted by atomic mass is 10.2. The average Bonchev–Trinajstić information content (AvgIpc) is 3.26. The van der Waals surface area contributed by atoms with Crippen molar-refractivity contribution in [1.29, 1.82) is 0 Å². The molecule has 0 saturated carbocycles. The van der Waals surface area contributed by atoms with E-state index in [2.05, 4.69) is 15.5 Å². The van der Waals surface area contributed by atoms with E-state index in [1.165, 1.54) is 30.6 Å². The van der Waals surface area contributed by atoms with Gasteiger partial charge >= 0.3 is 0 Å². The van der Waals surface area contributed by atoms with Crippen molar-refractivity contribution < 1.29 is 22.7 Å². The van der Waals surface area contributed by atoms with E-state index in [0.717, 1.165) is 4.31 Å². The summed E-state index contributed by atoms with van der Waals surface area (Å²) < 4.78 is 37.7. The second kappa shape index (κ2) is 8.84. The number of pyridine rings is 1. The standard InChI is InChI=1S/C21H18N4O5S/c26-21(24-23-13-16-9-10-18-19(12-16)30-15-29-18)14-25(20-8-4-5-11-22-20)31(27,28)17-6-2-1-3-7-17/h1-13H,14-15H2,(H,24,26)/b23-13-. The fourth-order valence-corrected chi connectivity index (χ4v) is 4.25. The van der Waals surface area contributed by atoms with E-state index < -0.39 is 22.5 Å². The zero-order valence-corrected chi connectivity index (χ0v) is 17.0. The summed E-state index contributed by atoms with van der Waals surface area (Å²) in [5.74, 6) is 0.729. The first kappa shape index (κ1) is 20.4. The molecular weight excluding hydrogens is 420 g/mol. The molecule has 1 aromatic heterocycles. The molecule has 0 radical (unpaired) electrons. The van der Waals surface area contributed by atoms with Crippen LogP contribution in [-0.4, -0.2) is 38.9 Å². The predicted octanol–water partition coefficient (Wildman–Crippen LogP) is 2.16. The molecule has 1 aliphatic heterocycles. The first-order chi connectivity index (χ1) is 15.0. The van der Waals surface area contributed by atoms with Crippen LogP contribution in [0.5, 0.6) is 11.5 Å². The lowest BCUT2D eigenvalue weighted by Crippen LogP contribution is -2.40. The zero-order chi connectivity index (χ0) is 21.7. The molecule has 2 aromatic carbocycles. The average molecular weight is 438 g/mol. The van der Waals surface area contributed by atoms with Crippen LogP contribution in [0.15, 0.2) is 82.9 Å². The molecule has 3 aromatic rings. The number of ether oxygens (including phenoxy) is 2. The number of hydrogen-bond donors (Lipinski definition) is 1. The summed E-state index contributed by atoms with van der Waals surface area (Å²) in [5, 5.41) is 3.91. The second-order valence-electron chi connectivity index (χ2n) is 6.42. The summed E-state index contributed by atoms with van der Waals surface area (Å²) >= 11 is 0. The molecule has 158 valence electrons. The molecule has 10 heteroatoms. The van der Waals surface area contributed by atoms with E-state index in [9.17, 15) is 13.2 Å². The summed E-state index contributed by atoms with van der Waals surface area (Å²) in [5.41, 5.74) is 3.03. The van der Waals surface area contributed by atoms with E-state index in [-0.39, 0.29) is 17.5 Å². The van der Waals surface area contributed by atoms with Gasteiger partial charge in [0.2, 0.25) is 6.79 Å². The highest BCUT2D eigenvalue weighted by Crippen LogP contribution is 2.32. The Morgan fingerprint density at radius 1 is 1.06 bits per heavy atom. The quantitative estimate of drug-likeness (QED) is 0.447. The summed E-state index contributed by atoms with van der Waals surface area (Å²) in [6.07, 6.45) is 2.88. The number of anilines is 1. The number of nitrogens with zero attached hydrogens (tertiary/aromatic N) is 3. The number of amides is 1. The fraction of sp³-hybridized carbons (Fsp3) is 0.0952. The highest BCUT2D eigenvalue weighted by atomic mass is 32.2. The Kier molecular flexibility index (Phi) is 5.80. The highest BCUT2D eigenvalue weighted by molar-refractivity contribution is 7.92. The topological polar surface area (TPSA) is 110 Å². The molecule has 1 amide bonds. The van der Waals surface area contributed by atoms with Gasteiger partial charge in [0.1, 0.15) is 12.4 Å². The molecule has 9 nitrogen and oxygen atoms in total. The molecule has 1 N–H and O–H groups in total. The van der Waals surface area contributed by atoms with Crippen LogP contribution in [0.1, 0.15) is 5.56 Å². The minimum Gasteiger partial charge on any atom is -0.454 e. The second-order valence-corrected chi connectivity index (χ2v) is 8.28. The number of hydrazone groups is 1. The number of hydrogen-bond acceptors (Lipinski definition) is 7.